The number of aliphatic hydroxyl groups is 1. The molecule has 0 aliphatic carbocycles. The van der Waals surface area contributed by atoms with Gasteiger partial charge in [-0.2, -0.15) is 0 Å². The van der Waals surface area contributed by atoms with Gasteiger partial charge in [-0.15, -0.1) is 12.4 Å². The number of rotatable bonds is 3. The van der Waals surface area contributed by atoms with E-state index in [1.54, 1.807) is 12.3 Å². The van der Waals surface area contributed by atoms with E-state index in [1.807, 2.05) is 13.0 Å². The minimum atomic E-state index is -0.473. The van der Waals surface area contributed by atoms with Gasteiger partial charge in [-0.3, -0.25) is 14.0 Å². The lowest BCUT2D eigenvalue weighted by atomic mass is 10.1. The first-order valence-electron chi connectivity index (χ1n) is 7.21. The molecule has 1 saturated heterocycles. The molecular weight excluding hydrogens is 320 g/mol. The molecule has 8 heteroatoms. The first kappa shape index (κ1) is 17.4. The number of nitrogens with one attached hydrogen (secondary N) is 2. The molecule has 1 aliphatic heterocycles. The second-order valence-corrected chi connectivity index (χ2v) is 5.61. The van der Waals surface area contributed by atoms with Gasteiger partial charge in [0, 0.05) is 37.9 Å². The summed E-state index contributed by atoms with van der Waals surface area (Å²) in [7, 11) is 0. The predicted molar refractivity (Wildman–Crippen MR) is 88.1 cm³/mol. The number of fused-ring (bicyclic) bond motifs is 1. The van der Waals surface area contributed by atoms with Gasteiger partial charge in [-0.25, -0.2) is 4.98 Å². The fourth-order valence-electron chi connectivity index (χ4n) is 2.58. The van der Waals surface area contributed by atoms with Crippen LogP contribution in [0.5, 0.6) is 0 Å². The minimum absolute atomic E-state index is 0. The second-order valence-electron chi connectivity index (χ2n) is 5.61. The van der Waals surface area contributed by atoms with Crippen molar-refractivity contribution in [1.82, 2.24) is 20.0 Å². The largest absolute Gasteiger partial charge is 0.391 e. The summed E-state index contributed by atoms with van der Waals surface area (Å²) in [5.41, 5.74) is 1.02. The van der Waals surface area contributed by atoms with Crippen molar-refractivity contribution in [3.8, 4) is 0 Å². The number of hydrogen-bond donors (Lipinski definition) is 3. The third-order valence-electron chi connectivity index (χ3n) is 3.92. The van der Waals surface area contributed by atoms with Crippen molar-refractivity contribution in [2.75, 3.05) is 19.6 Å². The van der Waals surface area contributed by atoms with Crippen molar-refractivity contribution in [2.45, 2.75) is 13.0 Å². The highest BCUT2D eigenvalue weighted by atomic mass is 35.5. The van der Waals surface area contributed by atoms with E-state index in [0.717, 1.165) is 5.56 Å². The third kappa shape index (κ3) is 3.52. The standard InChI is InChI=1S/C15H18N4O3.ClH/c1-9-2-3-13-17-6-11(15(22)19(13)8-9)14(21)18-5-10-4-16-7-12(10)20;/h2-3,6,8,10,12,16,20H,4-5,7H2,1H3,(H,18,21);1H. The van der Waals surface area contributed by atoms with E-state index in [0.29, 0.717) is 25.3 Å². The number of pyridine rings is 1. The minimum Gasteiger partial charge on any atom is -0.391 e. The number of nitrogens with zero attached hydrogens (tertiary/aromatic N) is 2. The van der Waals surface area contributed by atoms with Gasteiger partial charge in [0.1, 0.15) is 11.2 Å². The first-order chi connectivity index (χ1) is 10.6. The molecule has 124 valence electrons. The molecule has 0 aromatic carbocycles. The molecule has 1 aliphatic rings. The van der Waals surface area contributed by atoms with Gasteiger partial charge in [0.05, 0.1) is 6.10 Å². The molecule has 7 nitrogen and oxygen atoms in total. The number of hydrogen-bond acceptors (Lipinski definition) is 5. The fourth-order valence-corrected chi connectivity index (χ4v) is 2.58. The van der Waals surface area contributed by atoms with Crippen molar-refractivity contribution in [2.24, 2.45) is 5.92 Å². The van der Waals surface area contributed by atoms with Gasteiger partial charge in [0.2, 0.25) is 0 Å². The van der Waals surface area contributed by atoms with E-state index in [-0.39, 0.29) is 23.9 Å². The van der Waals surface area contributed by atoms with Crippen LogP contribution in [0.15, 0.2) is 29.3 Å². The molecule has 0 bridgehead atoms. The summed E-state index contributed by atoms with van der Waals surface area (Å²) in [5.74, 6) is -0.505. The van der Waals surface area contributed by atoms with E-state index in [9.17, 15) is 14.7 Å². The van der Waals surface area contributed by atoms with Crippen LogP contribution in [0.25, 0.3) is 5.65 Å². The number of aromatic nitrogens is 2. The molecule has 0 radical (unpaired) electrons. The van der Waals surface area contributed by atoms with E-state index in [4.69, 9.17) is 0 Å². The number of aliphatic hydroxyl groups excluding tert-OH is 1. The number of amides is 1. The maximum atomic E-state index is 12.4. The summed E-state index contributed by atoms with van der Waals surface area (Å²) < 4.78 is 1.37. The Labute approximate surface area is 139 Å². The molecule has 2 atom stereocenters. The molecule has 3 heterocycles. The molecule has 3 N–H and O–H groups in total. The van der Waals surface area contributed by atoms with E-state index in [1.165, 1.54) is 10.6 Å². The van der Waals surface area contributed by atoms with Crippen LogP contribution in [0.2, 0.25) is 0 Å². The molecule has 2 aromatic heterocycles. The molecule has 2 aromatic rings. The van der Waals surface area contributed by atoms with Crippen LogP contribution in [0.1, 0.15) is 15.9 Å². The summed E-state index contributed by atoms with van der Waals surface area (Å²) in [5, 5.41) is 15.5. The van der Waals surface area contributed by atoms with Crippen molar-refractivity contribution in [3.63, 3.8) is 0 Å². The van der Waals surface area contributed by atoms with Gasteiger partial charge in [-0.1, -0.05) is 6.07 Å². The SMILES string of the molecule is Cc1ccc2ncc(C(=O)NCC3CNCC3O)c(=O)n2c1.Cl. The molecular formula is C15H19ClN4O3. The zero-order valence-corrected chi connectivity index (χ0v) is 13.5. The van der Waals surface area contributed by atoms with Crippen LogP contribution in [-0.4, -0.2) is 46.1 Å². The smallest absolute Gasteiger partial charge is 0.270 e. The Morgan fingerprint density at radius 2 is 2.26 bits per heavy atom. The van der Waals surface area contributed by atoms with Gasteiger partial charge >= 0.3 is 0 Å². The topological polar surface area (TPSA) is 95.7 Å². The van der Waals surface area contributed by atoms with E-state index < -0.39 is 17.6 Å². The second kappa shape index (κ2) is 7.08. The third-order valence-corrected chi connectivity index (χ3v) is 3.92. The summed E-state index contributed by atoms with van der Waals surface area (Å²) >= 11 is 0. The molecule has 0 spiro atoms. The normalized spacial score (nSPS) is 20.3. The Balaban J connectivity index is 0.00000192. The Hall–Kier alpha value is -1.96. The quantitative estimate of drug-likeness (QED) is 0.716. The average Bonchev–Trinajstić information content (AvgIpc) is 2.91. The number of β-amino-alcohol motifs (C(OH)–C–C–N with tert-alkyl or cyclic N) is 1. The van der Waals surface area contributed by atoms with Gasteiger partial charge in [0.15, 0.2) is 0 Å². The zero-order valence-electron chi connectivity index (χ0n) is 12.7. The van der Waals surface area contributed by atoms with Crippen molar-refractivity contribution >= 4 is 24.0 Å². The van der Waals surface area contributed by atoms with E-state index >= 15 is 0 Å². The van der Waals surface area contributed by atoms with Crippen LogP contribution in [0.3, 0.4) is 0 Å². The van der Waals surface area contributed by atoms with Crippen molar-refractivity contribution in [1.29, 1.82) is 0 Å². The molecule has 0 saturated carbocycles. The van der Waals surface area contributed by atoms with E-state index in [2.05, 4.69) is 15.6 Å². The first-order valence-corrected chi connectivity index (χ1v) is 7.21. The highest BCUT2D eigenvalue weighted by molar-refractivity contribution is 5.93. The predicted octanol–water partition coefficient (Wildman–Crippen LogP) is -0.265. The summed E-state index contributed by atoms with van der Waals surface area (Å²) in [6, 6.07) is 3.59. The fraction of sp³-hybridized carbons (Fsp3) is 0.400. The van der Waals surface area contributed by atoms with Crippen LogP contribution in [0.4, 0.5) is 0 Å². The lowest BCUT2D eigenvalue weighted by Crippen LogP contribution is -2.37. The average molecular weight is 339 g/mol. The van der Waals surface area contributed by atoms with Crippen LogP contribution < -0.4 is 16.2 Å². The number of carbonyl (C=O) groups is 1. The van der Waals surface area contributed by atoms with Crippen molar-refractivity contribution in [3.05, 3.63) is 46.0 Å². The molecule has 3 rings (SSSR count). The summed E-state index contributed by atoms with van der Waals surface area (Å²) in [6.07, 6.45) is 2.48. The summed E-state index contributed by atoms with van der Waals surface area (Å²) in [6.45, 7) is 3.37. The molecule has 1 amide bonds. The van der Waals surface area contributed by atoms with Crippen LogP contribution in [-0.2, 0) is 0 Å². The van der Waals surface area contributed by atoms with Gasteiger partial charge in [0.25, 0.3) is 11.5 Å². The number of carbonyl (C=O) groups excluding carboxylic acids is 1. The van der Waals surface area contributed by atoms with Crippen molar-refractivity contribution < 1.29 is 9.90 Å². The van der Waals surface area contributed by atoms with Crippen LogP contribution in [0, 0.1) is 12.8 Å². The molecule has 23 heavy (non-hydrogen) atoms. The Morgan fingerprint density at radius 1 is 1.48 bits per heavy atom. The lowest BCUT2D eigenvalue weighted by Gasteiger charge is -2.14. The Morgan fingerprint density at radius 3 is 2.96 bits per heavy atom. The van der Waals surface area contributed by atoms with Gasteiger partial charge < -0.3 is 15.7 Å². The maximum Gasteiger partial charge on any atom is 0.270 e. The lowest BCUT2D eigenvalue weighted by molar-refractivity contribution is 0.0925. The Kier molecular flexibility index (Phi) is 5.35. The molecule has 2 unspecified atom stereocenters. The monoisotopic (exact) mass is 338 g/mol. The highest BCUT2D eigenvalue weighted by Crippen LogP contribution is 2.07. The number of aryl methyl sites for hydroxylation is 1. The van der Waals surface area contributed by atoms with Gasteiger partial charge in [-0.05, 0) is 18.6 Å². The van der Waals surface area contributed by atoms with Crippen LogP contribution >= 0.6 is 12.4 Å². The number of halogens is 1. The maximum absolute atomic E-state index is 12.4. The summed E-state index contributed by atoms with van der Waals surface area (Å²) in [4.78, 5) is 28.7. The Bertz CT molecular complexity index is 777. The zero-order chi connectivity index (χ0) is 15.7. The highest BCUT2D eigenvalue weighted by Gasteiger charge is 2.25. The molecule has 1 fully saturated rings.